The van der Waals surface area contributed by atoms with Crippen LogP contribution in [0.2, 0.25) is 5.02 Å². The Morgan fingerprint density at radius 1 is 0.931 bits per heavy atom. The summed E-state index contributed by atoms with van der Waals surface area (Å²) in [6.07, 6.45) is 0. The van der Waals surface area contributed by atoms with Gasteiger partial charge in [-0.3, -0.25) is 14.4 Å². The van der Waals surface area contributed by atoms with Gasteiger partial charge in [0, 0.05) is 27.4 Å². The molecule has 1 heterocycles. The number of nitrogens with one attached hydrogen (secondary N) is 1. The number of H-pyrrole nitrogens is 1. The van der Waals surface area contributed by atoms with Crippen molar-refractivity contribution >= 4 is 29.0 Å². The van der Waals surface area contributed by atoms with Gasteiger partial charge in [0.15, 0.2) is 18.2 Å². The first-order valence-electron chi connectivity index (χ1n) is 9.04. The molecule has 148 valence electrons. The highest BCUT2D eigenvalue weighted by Crippen LogP contribution is 2.20. The Morgan fingerprint density at radius 3 is 2.00 bits per heavy atom. The minimum absolute atomic E-state index is 0.0860. The molecule has 1 aromatic heterocycles. The lowest BCUT2D eigenvalue weighted by molar-refractivity contribution is 0.0915. The summed E-state index contributed by atoms with van der Waals surface area (Å²) in [5, 5.41) is 0.567. The van der Waals surface area contributed by atoms with Gasteiger partial charge in [0.25, 0.3) is 0 Å². The molecule has 0 atom stereocenters. The smallest absolute Gasteiger partial charge is 0.216 e. The number of ether oxygens (including phenoxy) is 1. The Labute approximate surface area is 173 Å². The zero-order valence-corrected chi connectivity index (χ0v) is 17.1. The summed E-state index contributed by atoms with van der Waals surface area (Å²) in [5.74, 6) is 0.00819. The van der Waals surface area contributed by atoms with Crippen LogP contribution >= 0.6 is 11.6 Å². The Kier molecular flexibility index (Phi) is 5.99. The highest BCUT2D eigenvalue weighted by Gasteiger charge is 2.20. The van der Waals surface area contributed by atoms with Gasteiger partial charge in [0.2, 0.25) is 5.78 Å². The molecule has 29 heavy (non-hydrogen) atoms. The second-order valence-electron chi connectivity index (χ2n) is 6.75. The quantitative estimate of drug-likeness (QED) is 0.558. The van der Waals surface area contributed by atoms with Crippen LogP contribution in [0.3, 0.4) is 0 Å². The van der Waals surface area contributed by atoms with E-state index in [0.29, 0.717) is 44.4 Å². The molecule has 3 aromatic rings. The van der Waals surface area contributed by atoms with Crippen molar-refractivity contribution in [2.24, 2.45) is 0 Å². The number of benzene rings is 2. The fraction of sp³-hybridized carbons (Fsp3) is 0.174. The normalized spacial score (nSPS) is 10.6. The van der Waals surface area contributed by atoms with Gasteiger partial charge >= 0.3 is 0 Å². The first kappa shape index (κ1) is 20.6. The molecule has 5 nitrogen and oxygen atoms in total. The van der Waals surface area contributed by atoms with Crippen molar-refractivity contribution < 1.29 is 19.1 Å². The SMILES string of the molecule is CC(=O)c1c(C)[nH]c(C(=O)COc2ccc(C(=O)c3ccc(Cl)cc3)cc2)c1C. The van der Waals surface area contributed by atoms with Gasteiger partial charge in [-0.05, 0) is 74.9 Å². The lowest BCUT2D eigenvalue weighted by atomic mass is 10.0. The number of aryl methyl sites for hydroxylation is 1. The fourth-order valence-corrected chi connectivity index (χ4v) is 3.37. The molecular formula is C23H20ClNO4. The van der Waals surface area contributed by atoms with E-state index in [0.717, 1.165) is 0 Å². The van der Waals surface area contributed by atoms with Gasteiger partial charge in [0.05, 0.1) is 5.69 Å². The van der Waals surface area contributed by atoms with E-state index in [1.54, 1.807) is 62.4 Å². The molecule has 0 amide bonds. The zero-order chi connectivity index (χ0) is 21.1. The lowest BCUT2D eigenvalue weighted by Crippen LogP contribution is -2.13. The molecule has 0 aliphatic heterocycles. The van der Waals surface area contributed by atoms with E-state index in [2.05, 4.69) is 4.98 Å². The maximum Gasteiger partial charge on any atom is 0.216 e. The number of rotatable bonds is 7. The molecular weight excluding hydrogens is 390 g/mol. The van der Waals surface area contributed by atoms with E-state index in [-0.39, 0.29) is 24.0 Å². The van der Waals surface area contributed by atoms with Crippen molar-refractivity contribution in [3.8, 4) is 5.75 Å². The number of aromatic nitrogens is 1. The van der Waals surface area contributed by atoms with Crippen LogP contribution in [-0.2, 0) is 0 Å². The Morgan fingerprint density at radius 2 is 1.48 bits per heavy atom. The molecule has 0 unspecified atom stereocenters. The summed E-state index contributed by atoms with van der Waals surface area (Å²) in [5.41, 5.74) is 3.27. The molecule has 0 fully saturated rings. The van der Waals surface area contributed by atoms with E-state index in [4.69, 9.17) is 16.3 Å². The van der Waals surface area contributed by atoms with Crippen molar-refractivity contribution in [3.05, 3.63) is 87.2 Å². The number of halogens is 1. The largest absolute Gasteiger partial charge is 0.485 e. The average molecular weight is 410 g/mol. The Bertz CT molecular complexity index is 1080. The molecule has 0 aliphatic carbocycles. The van der Waals surface area contributed by atoms with E-state index in [1.807, 2.05) is 0 Å². The highest BCUT2D eigenvalue weighted by atomic mass is 35.5. The summed E-state index contributed by atoms with van der Waals surface area (Å²) < 4.78 is 5.56. The first-order valence-corrected chi connectivity index (χ1v) is 9.42. The summed E-state index contributed by atoms with van der Waals surface area (Å²) in [7, 11) is 0. The Hall–Kier alpha value is -3.18. The van der Waals surface area contributed by atoms with Crippen molar-refractivity contribution in [1.29, 1.82) is 0 Å². The summed E-state index contributed by atoms with van der Waals surface area (Å²) >= 11 is 5.85. The third-order valence-electron chi connectivity index (χ3n) is 4.66. The minimum Gasteiger partial charge on any atom is -0.485 e. The molecule has 0 saturated heterocycles. The minimum atomic E-state index is -0.251. The number of carbonyl (C=O) groups excluding carboxylic acids is 3. The molecule has 0 bridgehead atoms. The van der Waals surface area contributed by atoms with Crippen LogP contribution in [0.15, 0.2) is 48.5 Å². The van der Waals surface area contributed by atoms with Gasteiger partial charge in [-0.15, -0.1) is 0 Å². The number of hydrogen-bond acceptors (Lipinski definition) is 4. The van der Waals surface area contributed by atoms with Crippen LogP contribution < -0.4 is 4.74 Å². The molecule has 0 radical (unpaired) electrons. The van der Waals surface area contributed by atoms with Crippen LogP contribution in [-0.4, -0.2) is 28.9 Å². The summed E-state index contributed by atoms with van der Waals surface area (Å²) in [4.78, 5) is 39.6. The van der Waals surface area contributed by atoms with E-state index >= 15 is 0 Å². The molecule has 0 aliphatic rings. The number of Topliss-reactive ketones (excluding diaryl/α,β-unsaturated/α-hetero) is 2. The molecule has 3 rings (SSSR count). The number of ketones is 3. The number of carbonyl (C=O) groups is 3. The number of hydrogen-bond donors (Lipinski definition) is 1. The molecule has 6 heteroatoms. The van der Waals surface area contributed by atoms with Gasteiger partial charge < -0.3 is 9.72 Å². The Balaban J connectivity index is 1.67. The van der Waals surface area contributed by atoms with Crippen LogP contribution in [0.5, 0.6) is 5.75 Å². The first-order chi connectivity index (χ1) is 13.8. The van der Waals surface area contributed by atoms with Crippen molar-refractivity contribution in [2.45, 2.75) is 20.8 Å². The second-order valence-corrected chi connectivity index (χ2v) is 7.19. The standard InChI is InChI=1S/C23H20ClNO4/c1-13-21(15(3)26)14(2)25-22(13)20(27)12-29-19-10-6-17(7-11-19)23(28)16-4-8-18(24)9-5-16/h4-11,25H,12H2,1-3H3. The summed E-state index contributed by atoms with van der Waals surface area (Å²) in [6, 6.07) is 13.3. The predicted octanol–water partition coefficient (Wildman–Crippen LogP) is 4.98. The number of aromatic amines is 1. The second kappa shape index (κ2) is 8.45. The molecule has 0 saturated carbocycles. The average Bonchev–Trinajstić information content (AvgIpc) is 3.01. The maximum absolute atomic E-state index is 12.5. The van der Waals surface area contributed by atoms with Crippen LogP contribution in [0.25, 0.3) is 0 Å². The molecule has 0 spiro atoms. The third-order valence-corrected chi connectivity index (χ3v) is 4.91. The van der Waals surface area contributed by atoms with Crippen LogP contribution in [0.1, 0.15) is 54.9 Å². The van der Waals surface area contributed by atoms with Gasteiger partial charge in [-0.1, -0.05) is 11.6 Å². The predicted molar refractivity (Wildman–Crippen MR) is 111 cm³/mol. The van der Waals surface area contributed by atoms with Gasteiger partial charge in [-0.25, -0.2) is 0 Å². The van der Waals surface area contributed by atoms with E-state index in [9.17, 15) is 14.4 Å². The van der Waals surface area contributed by atoms with Gasteiger partial charge in [-0.2, -0.15) is 0 Å². The van der Waals surface area contributed by atoms with Gasteiger partial charge in [0.1, 0.15) is 5.75 Å². The molecule has 2 aromatic carbocycles. The van der Waals surface area contributed by atoms with Crippen molar-refractivity contribution in [2.75, 3.05) is 6.61 Å². The highest BCUT2D eigenvalue weighted by molar-refractivity contribution is 6.30. The maximum atomic E-state index is 12.5. The topological polar surface area (TPSA) is 76.2 Å². The monoisotopic (exact) mass is 409 g/mol. The fourth-order valence-electron chi connectivity index (χ4n) is 3.25. The third kappa shape index (κ3) is 4.46. The van der Waals surface area contributed by atoms with Crippen LogP contribution in [0.4, 0.5) is 0 Å². The molecule has 1 N–H and O–H groups in total. The van der Waals surface area contributed by atoms with Crippen LogP contribution in [0, 0.1) is 13.8 Å². The van der Waals surface area contributed by atoms with E-state index in [1.165, 1.54) is 6.92 Å². The summed E-state index contributed by atoms with van der Waals surface area (Å²) in [6.45, 7) is 4.80. The van der Waals surface area contributed by atoms with Crippen molar-refractivity contribution in [3.63, 3.8) is 0 Å². The lowest BCUT2D eigenvalue weighted by Gasteiger charge is -2.07. The zero-order valence-electron chi connectivity index (χ0n) is 16.3. The van der Waals surface area contributed by atoms with E-state index < -0.39 is 0 Å². The van der Waals surface area contributed by atoms with Crippen molar-refractivity contribution in [1.82, 2.24) is 4.98 Å².